The summed E-state index contributed by atoms with van der Waals surface area (Å²) >= 11 is 12.2. The van der Waals surface area contributed by atoms with Crippen LogP contribution in [0, 0.1) is 12.5 Å². The third kappa shape index (κ3) is 3.94. The van der Waals surface area contributed by atoms with E-state index in [-0.39, 0.29) is 10.9 Å². The SMILES string of the molecule is Cc1ccnc(NC2=C(N=N)C(C)N(C(=O)c3cccc(Cl)c3Cl)CC2)n1. The van der Waals surface area contributed by atoms with E-state index in [1.165, 1.54) is 0 Å². The van der Waals surface area contributed by atoms with Crippen molar-refractivity contribution in [1.82, 2.24) is 14.9 Å². The van der Waals surface area contributed by atoms with Crippen LogP contribution in [0.2, 0.25) is 10.0 Å². The number of hydrogen-bond acceptors (Lipinski definition) is 6. The molecule has 7 nitrogen and oxygen atoms in total. The van der Waals surface area contributed by atoms with Gasteiger partial charge in [-0.1, -0.05) is 29.3 Å². The van der Waals surface area contributed by atoms with Gasteiger partial charge in [0.15, 0.2) is 0 Å². The van der Waals surface area contributed by atoms with Gasteiger partial charge in [-0.25, -0.2) is 15.5 Å². The maximum atomic E-state index is 13.0. The van der Waals surface area contributed by atoms with Crippen molar-refractivity contribution in [3.63, 3.8) is 0 Å². The second kappa shape index (κ2) is 8.02. The van der Waals surface area contributed by atoms with E-state index in [1.807, 2.05) is 13.8 Å². The van der Waals surface area contributed by atoms with Crippen LogP contribution in [0.25, 0.3) is 0 Å². The van der Waals surface area contributed by atoms with Crippen LogP contribution in [0.5, 0.6) is 0 Å². The molecule has 0 radical (unpaired) electrons. The van der Waals surface area contributed by atoms with Crippen molar-refractivity contribution in [2.45, 2.75) is 26.3 Å². The van der Waals surface area contributed by atoms with Crippen molar-refractivity contribution in [3.05, 3.63) is 63.2 Å². The van der Waals surface area contributed by atoms with Crippen LogP contribution in [-0.2, 0) is 0 Å². The van der Waals surface area contributed by atoms with E-state index < -0.39 is 6.04 Å². The Labute approximate surface area is 166 Å². The first kappa shape index (κ1) is 19.3. The zero-order valence-corrected chi connectivity index (χ0v) is 16.3. The van der Waals surface area contributed by atoms with E-state index in [1.54, 1.807) is 35.4 Å². The molecule has 1 aliphatic heterocycles. The number of rotatable bonds is 4. The standard InChI is InChI=1S/C18H18Cl2N6O/c1-10-6-8-22-18(23-10)24-14-7-9-26(11(2)16(14)25-21)17(27)12-4-3-5-13(19)15(12)20/h3-6,8,11,21H,7,9H2,1-2H3,(H,22,23,24). The first-order chi connectivity index (χ1) is 12.9. The van der Waals surface area contributed by atoms with Crippen molar-refractivity contribution < 1.29 is 4.79 Å². The van der Waals surface area contributed by atoms with Crippen LogP contribution in [0.4, 0.5) is 5.95 Å². The Hall–Kier alpha value is -2.51. The van der Waals surface area contributed by atoms with Gasteiger partial charge in [0.2, 0.25) is 5.95 Å². The van der Waals surface area contributed by atoms with Gasteiger partial charge in [0, 0.05) is 30.6 Å². The van der Waals surface area contributed by atoms with E-state index in [2.05, 4.69) is 20.4 Å². The molecule has 1 atom stereocenters. The van der Waals surface area contributed by atoms with Gasteiger partial charge in [0.1, 0.15) is 5.70 Å². The number of aryl methyl sites for hydroxylation is 1. The highest BCUT2D eigenvalue weighted by Gasteiger charge is 2.32. The number of halogens is 2. The quantitative estimate of drug-likeness (QED) is 0.722. The number of carbonyl (C=O) groups excluding carboxylic acids is 1. The molecule has 0 bridgehead atoms. The highest BCUT2D eigenvalue weighted by atomic mass is 35.5. The average Bonchev–Trinajstić information content (AvgIpc) is 2.64. The molecular formula is C18H18Cl2N6O. The van der Waals surface area contributed by atoms with Crippen molar-refractivity contribution in [3.8, 4) is 0 Å². The molecule has 9 heteroatoms. The molecule has 2 N–H and O–H groups in total. The van der Waals surface area contributed by atoms with Crippen molar-refractivity contribution >= 4 is 35.1 Å². The minimum atomic E-state index is -0.411. The van der Waals surface area contributed by atoms with Crippen LogP contribution in [0.3, 0.4) is 0 Å². The lowest BCUT2D eigenvalue weighted by Gasteiger charge is -2.35. The van der Waals surface area contributed by atoms with Gasteiger partial charge in [0.25, 0.3) is 5.91 Å². The third-order valence-electron chi connectivity index (χ3n) is 4.40. The number of nitrogens with zero attached hydrogens (tertiary/aromatic N) is 4. The van der Waals surface area contributed by atoms with Crippen molar-refractivity contribution in [2.24, 2.45) is 5.11 Å². The van der Waals surface area contributed by atoms with Gasteiger partial charge in [-0.2, -0.15) is 5.11 Å². The Bertz CT molecular complexity index is 930. The van der Waals surface area contributed by atoms with Gasteiger partial charge < -0.3 is 10.2 Å². The summed E-state index contributed by atoms with van der Waals surface area (Å²) in [5, 5.41) is 7.33. The van der Waals surface area contributed by atoms with Crippen molar-refractivity contribution in [1.29, 1.82) is 5.53 Å². The zero-order valence-electron chi connectivity index (χ0n) is 14.8. The number of carbonyl (C=O) groups is 1. The van der Waals surface area contributed by atoms with Gasteiger partial charge in [0.05, 0.1) is 21.7 Å². The number of aromatic nitrogens is 2. The molecule has 1 aliphatic rings. The Kier molecular flexibility index (Phi) is 5.72. The van der Waals surface area contributed by atoms with E-state index in [0.29, 0.717) is 35.2 Å². The van der Waals surface area contributed by atoms with Crippen LogP contribution < -0.4 is 5.32 Å². The fourth-order valence-corrected chi connectivity index (χ4v) is 3.37. The summed E-state index contributed by atoms with van der Waals surface area (Å²) < 4.78 is 0. The average molecular weight is 405 g/mol. The first-order valence-corrected chi connectivity index (χ1v) is 9.10. The predicted octanol–water partition coefficient (Wildman–Crippen LogP) is 4.68. The fourth-order valence-electron chi connectivity index (χ4n) is 2.99. The number of benzene rings is 1. The van der Waals surface area contributed by atoms with Gasteiger partial charge in [-0.3, -0.25) is 4.79 Å². The molecule has 1 unspecified atom stereocenters. The maximum absolute atomic E-state index is 13.0. The Balaban J connectivity index is 1.88. The fraction of sp³-hybridized carbons (Fsp3) is 0.278. The Morgan fingerprint density at radius 3 is 2.85 bits per heavy atom. The lowest BCUT2D eigenvalue weighted by Crippen LogP contribution is -2.44. The normalized spacial score (nSPS) is 17.0. The minimum absolute atomic E-state index is 0.224. The summed E-state index contributed by atoms with van der Waals surface area (Å²) in [6.45, 7) is 4.13. The van der Waals surface area contributed by atoms with E-state index in [9.17, 15) is 4.79 Å². The lowest BCUT2D eigenvalue weighted by molar-refractivity contribution is 0.0705. The molecule has 1 aromatic carbocycles. The molecule has 1 aromatic heterocycles. The summed E-state index contributed by atoms with van der Waals surface area (Å²) in [6, 6.07) is 6.34. The Morgan fingerprint density at radius 1 is 1.37 bits per heavy atom. The molecule has 3 rings (SSSR count). The molecule has 2 heterocycles. The van der Waals surface area contributed by atoms with Crippen LogP contribution in [0.15, 0.2) is 47.0 Å². The summed E-state index contributed by atoms with van der Waals surface area (Å²) in [7, 11) is 0. The largest absolute Gasteiger partial charge is 0.330 e. The second-order valence-electron chi connectivity index (χ2n) is 6.15. The van der Waals surface area contributed by atoms with Crippen LogP contribution in [0.1, 0.15) is 29.4 Å². The van der Waals surface area contributed by atoms with Gasteiger partial charge in [-0.15, -0.1) is 0 Å². The zero-order chi connectivity index (χ0) is 19.6. The molecule has 0 aliphatic carbocycles. The number of anilines is 1. The van der Waals surface area contributed by atoms with Crippen LogP contribution in [-0.4, -0.2) is 33.4 Å². The summed E-state index contributed by atoms with van der Waals surface area (Å²) in [6.07, 6.45) is 2.15. The molecule has 0 saturated carbocycles. The lowest BCUT2D eigenvalue weighted by atomic mass is 10.0. The second-order valence-corrected chi connectivity index (χ2v) is 6.93. The van der Waals surface area contributed by atoms with Gasteiger partial charge in [-0.05, 0) is 32.0 Å². The van der Waals surface area contributed by atoms with Gasteiger partial charge >= 0.3 is 0 Å². The highest BCUT2D eigenvalue weighted by molar-refractivity contribution is 6.43. The van der Waals surface area contributed by atoms with Crippen molar-refractivity contribution in [2.75, 3.05) is 11.9 Å². The predicted molar refractivity (Wildman–Crippen MR) is 104 cm³/mol. The summed E-state index contributed by atoms with van der Waals surface area (Å²) in [5.74, 6) is 0.193. The molecule has 0 saturated heterocycles. The summed E-state index contributed by atoms with van der Waals surface area (Å²) in [5.41, 5.74) is 9.92. The van der Waals surface area contributed by atoms with E-state index in [0.717, 1.165) is 11.4 Å². The molecule has 0 fully saturated rings. The maximum Gasteiger partial charge on any atom is 0.255 e. The molecule has 2 aromatic rings. The van der Waals surface area contributed by atoms with Crippen LogP contribution >= 0.6 is 23.2 Å². The number of nitrogens with one attached hydrogen (secondary N) is 2. The molecule has 27 heavy (non-hydrogen) atoms. The third-order valence-corrected chi connectivity index (χ3v) is 5.21. The number of amides is 1. The topological polar surface area (TPSA) is 94.3 Å². The monoisotopic (exact) mass is 404 g/mol. The Morgan fingerprint density at radius 2 is 2.15 bits per heavy atom. The molecule has 140 valence electrons. The smallest absolute Gasteiger partial charge is 0.255 e. The molecule has 0 spiro atoms. The highest BCUT2D eigenvalue weighted by Crippen LogP contribution is 2.31. The van der Waals surface area contributed by atoms with E-state index >= 15 is 0 Å². The summed E-state index contributed by atoms with van der Waals surface area (Å²) in [4.78, 5) is 23.1. The molecule has 1 amide bonds. The number of hydrogen-bond donors (Lipinski definition) is 2. The molecular weight excluding hydrogens is 387 g/mol. The van der Waals surface area contributed by atoms with E-state index in [4.69, 9.17) is 28.7 Å². The minimum Gasteiger partial charge on any atom is -0.330 e. The first-order valence-electron chi connectivity index (χ1n) is 8.34.